The molecule has 2 aromatic rings. The zero-order chi connectivity index (χ0) is 14.5. The van der Waals surface area contributed by atoms with E-state index < -0.39 is 11.6 Å². The molecule has 106 valence electrons. The Balaban J connectivity index is 1.91. The van der Waals surface area contributed by atoms with Crippen LogP contribution in [-0.2, 0) is 6.42 Å². The van der Waals surface area contributed by atoms with Crippen LogP contribution in [0.5, 0.6) is 0 Å². The third-order valence-corrected chi connectivity index (χ3v) is 4.99. The van der Waals surface area contributed by atoms with Gasteiger partial charge in [0.15, 0.2) is 11.6 Å². The summed E-state index contributed by atoms with van der Waals surface area (Å²) in [7, 11) is 0. The van der Waals surface area contributed by atoms with Crippen LogP contribution < -0.4 is 5.73 Å². The van der Waals surface area contributed by atoms with Crippen molar-refractivity contribution in [1.29, 1.82) is 0 Å². The average molecular weight is 358 g/mol. The van der Waals surface area contributed by atoms with E-state index in [2.05, 4.69) is 15.9 Å². The summed E-state index contributed by atoms with van der Waals surface area (Å²) in [5.41, 5.74) is 6.75. The van der Waals surface area contributed by atoms with Gasteiger partial charge in [0.05, 0.1) is 0 Å². The number of hydrogen-bond donors (Lipinski definition) is 1. The SMILES string of the molecule is NC(CSc1ccccc1Br)Cc1ccc(F)c(F)c1. The first-order valence-corrected chi connectivity index (χ1v) is 7.91. The minimum atomic E-state index is -0.829. The molecule has 0 saturated heterocycles. The fourth-order valence-electron chi connectivity index (χ4n) is 1.79. The Hall–Kier alpha value is -0.910. The van der Waals surface area contributed by atoms with Crippen molar-refractivity contribution in [3.8, 4) is 0 Å². The Labute approximate surface area is 129 Å². The van der Waals surface area contributed by atoms with Crippen molar-refractivity contribution in [1.82, 2.24) is 0 Å². The lowest BCUT2D eigenvalue weighted by atomic mass is 10.1. The van der Waals surface area contributed by atoms with E-state index in [1.54, 1.807) is 17.8 Å². The zero-order valence-corrected chi connectivity index (χ0v) is 13.1. The van der Waals surface area contributed by atoms with Gasteiger partial charge in [0.2, 0.25) is 0 Å². The van der Waals surface area contributed by atoms with Crippen LogP contribution in [0.3, 0.4) is 0 Å². The minimum Gasteiger partial charge on any atom is -0.327 e. The topological polar surface area (TPSA) is 26.0 Å². The maximum Gasteiger partial charge on any atom is 0.159 e. The molecular weight excluding hydrogens is 344 g/mol. The highest BCUT2D eigenvalue weighted by molar-refractivity contribution is 9.10. The van der Waals surface area contributed by atoms with Crippen LogP contribution in [0, 0.1) is 11.6 Å². The third kappa shape index (κ3) is 4.30. The van der Waals surface area contributed by atoms with Gasteiger partial charge in [0, 0.05) is 21.2 Å². The van der Waals surface area contributed by atoms with Crippen molar-refractivity contribution < 1.29 is 8.78 Å². The average Bonchev–Trinajstić information content (AvgIpc) is 2.42. The second-order valence-corrected chi connectivity index (χ2v) is 6.37. The van der Waals surface area contributed by atoms with Crippen molar-refractivity contribution >= 4 is 27.7 Å². The first kappa shape index (κ1) is 15.5. The fourth-order valence-corrected chi connectivity index (χ4v) is 3.31. The van der Waals surface area contributed by atoms with Gasteiger partial charge in [-0.05, 0) is 52.2 Å². The second-order valence-electron chi connectivity index (χ2n) is 4.45. The van der Waals surface area contributed by atoms with Gasteiger partial charge in [-0.25, -0.2) is 8.78 Å². The van der Waals surface area contributed by atoms with Crippen molar-refractivity contribution in [2.45, 2.75) is 17.4 Å². The Morgan fingerprint density at radius 3 is 2.55 bits per heavy atom. The molecule has 0 heterocycles. The molecule has 0 fully saturated rings. The maximum absolute atomic E-state index is 13.1. The fraction of sp³-hybridized carbons (Fsp3) is 0.200. The highest BCUT2D eigenvalue weighted by Crippen LogP contribution is 2.27. The van der Waals surface area contributed by atoms with Gasteiger partial charge in [-0.2, -0.15) is 0 Å². The van der Waals surface area contributed by atoms with E-state index in [-0.39, 0.29) is 6.04 Å². The highest BCUT2D eigenvalue weighted by Gasteiger charge is 2.09. The molecule has 0 aliphatic heterocycles. The molecular formula is C15H14BrF2NS. The molecule has 0 saturated carbocycles. The van der Waals surface area contributed by atoms with Gasteiger partial charge in [0.25, 0.3) is 0 Å². The molecule has 0 aliphatic rings. The van der Waals surface area contributed by atoms with Crippen LogP contribution in [0.25, 0.3) is 0 Å². The molecule has 5 heteroatoms. The largest absolute Gasteiger partial charge is 0.327 e. The Bertz CT molecular complexity index is 592. The predicted molar refractivity (Wildman–Crippen MR) is 82.9 cm³/mol. The molecule has 2 aromatic carbocycles. The smallest absolute Gasteiger partial charge is 0.159 e. The molecule has 0 bridgehead atoms. The van der Waals surface area contributed by atoms with Crippen LogP contribution in [0.2, 0.25) is 0 Å². The lowest BCUT2D eigenvalue weighted by molar-refractivity contribution is 0.506. The van der Waals surface area contributed by atoms with Gasteiger partial charge < -0.3 is 5.73 Å². The van der Waals surface area contributed by atoms with Crippen LogP contribution in [0.15, 0.2) is 51.8 Å². The normalized spacial score (nSPS) is 12.4. The van der Waals surface area contributed by atoms with E-state index in [1.165, 1.54) is 6.07 Å². The number of thioether (sulfide) groups is 1. The number of halogens is 3. The van der Waals surface area contributed by atoms with Crippen molar-refractivity contribution in [3.05, 3.63) is 64.1 Å². The van der Waals surface area contributed by atoms with E-state index in [9.17, 15) is 8.78 Å². The minimum absolute atomic E-state index is 0.114. The zero-order valence-electron chi connectivity index (χ0n) is 10.7. The number of benzene rings is 2. The molecule has 0 aromatic heterocycles. The van der Waals surface area contributed by atoms with E-state index in [0.29, 0.717) is 17.7 Å². The maximum atomic E-state index is 13.1. The second kappa shape index (κ2) is 7.20. The molecule has 2 rings (SSSR count). The molecule has 1 nitrogen and oxygen atoms in total. The lowest BCUT2D eigenvalue weighted by Gasteiger charge is -2.12. The molecule has 2 N–H and O–H groups in total. The molecule has 1 unspecified atom stereocenters. The van der Waals surface area contributed by atoms with E-state index in [0.717, 1.165) is 15.4 Å². The highest BCUT2D eigenvalue weighted by atomic mass is 79.9. The molecule has 0 amide bonds. The van der Waals surface area contributed by atoms with E-state index >= 15 is 0 Å². The van der Waals surface area contributed by atoms with Crippen molar-refractivity contribution in [2.24, 2.45) is 5.73 Å². The standard InChI is InChI=1S/C15H14BrF2NS/c16-12-3-1-2-4-15(12)20-9-11(19)7-10-5-6-13(17)14(18)8-10/h1-6,8,11H,7,9,19H2. The van der Waals surface area contributed by atoms with Gasteiger partial charge in [0.1, 0.15) is 0 Å². The number of hydrogen-bond acceptors (Lipinski definition) is 2. The molecule has 0 spiro atoms. The lowest BCUT2D eigenvalue weighted by Crippen LogP contribution is -2.25. The summed E-state index contributed by atoms with van der Waals surface area (Å²) in [5.74, 6) is -0.945. The summed E-state index contributed by atoms with van der Waals surface area (Å²) in [5, 5.41) is 0. The van der Waals surface area contributed by atoms with Crippen LogP contribution in [0.4, 0.5) is 8.78 Å². The molecule has 0 radical (unpaired) electrons. The summed E-state index contributed by atoms with van der Waals surface area (Å²) in [4.78, 5) is 1.12. The Morgan fingerprint density at radius 2 is 1.85 bits per heavy atom. The molecule has 0 aliphatic carbocycles. The van der Waals surface area contributed by atoms with Crippen molar-refractivity contribution in [3.63, 3.8) is 0 Å². The van der Waals surface area contributed by atoms with Crippen molar-refractivity contribution in [2.75, 3.05) is 5.75 Å². The molecule has 1 atom stereocenters. The summed E-state index contributed by atoms with van der Waals surface area (Å²) in [6.45, 7) is 0. The first-order valence-electron chi connectivity index (χ1n) is 6.13. The quantitative estimate of drug-likeness (QED) is 0.803. The summed E-state index contributed by atoms with van der Waals surface area (Å²) in [6.07, 6.45) is 0.522. The molecule has 20 heavy (non-hydrogen) atoms. The van der Waals surface area contributed by atoms with Crippen LogP contribution >= 0.6 is 27.7 Å². The summed E-state index contributed by atoms with van der Waals surface area (Å²) >= 11 is 5.12. The van der Waals surface area contributed by atoms with Gasteiger partial charge >= 0.3 is 0 Å². The van der Waals surface area contributed by atoms with E-state index in [1.807, 2.05) is 24.3 Å². The summed E-state index contributed by atoms with van der Waals surface area (Å²) in [6, 6.07) is 11.7. The predicted octanol–water partition coefficient (Wildman–Crippen LogP) is 4.39. The Morgan fingerprint density at radius 1 is 1.10 bits per heavy atom. The van der Waals surface area contributed by atoms with E-state index in [4.69, 9.17) is 5.73 Å². The Kier molecular flexibility index (Phi) is 5.57. The summed E-state index contributed by atoms with van der Waals surface area (Å²) < 4.78 is 27.0. The number of rotatable bonds is 5. The van der Waals surface area contributed by atoms with Gasteiger partial charge in [-0.1, -0.05) is 18.2 Å². The number of nitrogens with two attached hydrogens (primary N) is 1. The third-order valence-electron chi connectivity index (χ3n) is 2.77. The van der Waals surface area contributed by atoms with Crippen LogP contribution in [-0.4, -0.2) is 11.8 Å². The van der Waals surface area contributed by atoms with Gasteiger partial charge in [-0.3, -0.25) is 0 Å². The van der Waals surface area contributed by atoms with Gasteiger partial charge in [-0.15, -0.1) is 11.8 Å². The van der Waals surface area contributed by atoms with Crippen LogP contribution in [0.1, 0.15) is 5.56 Å². The monoisotopic (exact) mass is 357 g/mol. The first-order chi connectivity index (χ1) is 9.56.